The monoisotopic (exact) mass is 294 g/mol. The fourth-order valence-corrected chi connectivity index (χ4v) is 2.35. The number of hydrogen-bond donors (Lipinski definition) is 0. The molecule has 2 aromatic rings. The summed E-state index contributed by atoms with van der Waals surface area (Å²) in [6.45, 7) is 0. The topological polar surface area (TPSA) is 26.3 Å². The third-order valence-electron chi connectivity index (χ3n) is 3.57. The molecule has 2 aromatic carbocycles. The molecule has 0 heterocycles. The molecule has 0 radical (unpaired) electrons. The van der Waals surface area contributed by atoms with Crippen molar-refractivity contribution in [3.63, 3.8) is 0 Å². The van der Waals surface area contributed by atoms with Gasteiger partial charge in [0.05, 0.1) is 7.11 Å². The van der Waals surface area contributed by atoms with Crippen LogP contribution in [0, 0.1) is 0 Å². The van der Waals surface area contributed by atoms with Crippen molar-refractivity contribution in [2.75, 3.05) is 7.11 Å². The van der Waals surface area contributed by atoms with Crippen molar-refractivity contribution >= 4 is 12.0 Å². The normalized spacial score (nSPS) is 10.8. The Morgan fingerprint density at radius 3 is 2.55 bits per heavy atom. The summed E-state index contributed by atoms with van der Waals surface area (Å²) in [5.41, 5.74) is 3.87. The Labute approximate surface area is 132 Å². The summed E-state index contributed by atoms with van der Waals surface area (Å²) in [4.78, 5) is 11.1. The molecule has 0 unspecified atom stereocenters. The van der Waals surface area contributed by atoms with E-state index < -0.39 is 0 Å². The Morgan fingerprint density at radius 1 is 1.05 bits per heavy atom. The van der Waals surface area contributed by atoms with Gasteiger partial charge in [-0.2, -0.15) is 0 Å². The number of carbonyl (C=O) groups excluding carboxylic acids is 1. The van der Waals surface area contributed by atoms with Gasteiger partial charge >= 0.3 is 5.97 Å². The molecule has 0 aromatic heterocycles. The number of esters is 1. The van der Waals surface area contributed by atoms with Crippen LogP contribution in [0.25, 0.3) is 6.08 Å². The zero-order chi connectivity index (χ0) is 15.6. The second-order valence-corrected chi connectivity index (χ2v) is 5.23. The molecule has 0 aliphatic heterocycles. The molecule has 0 saturated heterocycles. The minimum absolute atomic E-state index is 0.141. The zero-order valence-electron chi connectivity index (χ0n) is 13.0. The van der Waals surface area contributed by atoms with Gasteiger partial charge in [-0.05, 0) is 36.0 Å². The molecule has 0 saturated carbocycles. The van der Waals surface area contributed by atoms with E-state index >= 15 is 0 Å². The third-order valence-corrected chi connectivity index (χ3v) is 3.57. The number of carbonyl (C=O) groups is 1. The van der Waals surface area contributed by atoms with Crippen LogP contribution >= 0.6 is 0 Å². The van der Waals surface area contributed by atoms with E-state index in [0.29, 0.717) is 6.42 Å². The van der Waals surface area contributed by atoms with Crippen molar-refractivity contribution < 1.29 is 9.53 Å². The number of unbranched alkanes of at least 4 members (excludes halogenated alkanes) is 1. The largest absolute Gasteiger partial charge is 0.469 e. The molecule has 0 amide bonds. The maximum Gasteiger partial charge on any atom is 0.305 e. The zero-order valence-corrected chi connectivity index (χ0v) is 13.0. The summed E-state index contributed by atoms with van der Waals surface area (Å²) in [6.07, 6.45) is 7.40. The molecule has 2 heteroatoms. The van der Waals surface area contributed by atoms with E-state index in [4.69, 9.17) is 0 Å². The highest BCUT2D eigenvalue weighted by Gasteiger charge is 2.01. The maximum atomic E-state index is 11.1. The molecular weight excluding hydrogens is 272 g/mol. The van der Waals surface area contributed by atoms with Gasteiger partial charge in [0, 0.05) is 6.42 Å². The summed E-state index contributed by atoms with van der Waals surface area (Å²) in [5, 5.41) is 0. The number of benzene rings is 2. The van der Waals surface area contributed by atoms with Crippen molar-refractivity contribution in [2.45, 2.75) is 25.7 Å². The van der Waals surface area contributed by atoms with Gasteiger partial charge in [-0.1, -0.05) is 66.7 Å². The van der Waals surface area contributed by atoms with Crippen LogP contribution in [0.5, 0.6) is 0 Å². The Bertz CT molecular complexity index is 615. The van der Waals surface area contributed by atoms with Gasteiger partial charge in [-0.3, -0.25) is 4.79 Å². The summed E-state index contributed by atoms with van der Waals surface area (Å²) in [5.74, 6) is -0.141. The maximum absolute atomic E-state index is 11.1. The molecule has 0 N–H and O–H groups in total. The van der Waals surface area contributed by atoms with Crippen LogP contribution in [-0.4, -0.2) is 13.1 Å². The first-order chi connectivity index (χ1) is 10.8. The van der Waals surface area contributed by atoms with Crippen LogP contribution in [0.3, 0.4) is 0 Å². The number of rotatable bonds is 7. The Hall–Kier alpha value is -2.35. The lowest BCUT2D eigenvalue weighted by atomic mass is 9.99. The van der Waals surface area contributed by atoms with E-state index in [1.807, 2.05) is 6.07 Å². The molecule has 0 spiro atoms. The second-order valence-electron chi connectivity index (χ2n) is 5.23. The van der Waals surface area contributed by atoms with Gasteiger partial charge in [0.2, 0.25) is 0 Å². The van der Waals surface area contributed by atoms with Gasteiger partial charge < -0.3 is 4.74 Å². The van der Waals surface area contributed by atoms with Crippen LogP contribution in [0.1, 0.15) is 36.0 Å². The molecule has 0 atom stereocenters. The van der Waals surface area contributed by atoms with Crippen molar-refractivity contribution in [2.24, 2.45) is 0 Å². The molecule has 0 fully saturated rings. The Balaban J connectivity index is 1.95. The fourth-order valence-electron chi connectivity index (χ4n) is 2.35. The third kappa shape index (κ3) is 5.21. The van der Waals surface area contributed by atoms with Gasteiger partial charge in [-0.15, -0.1) is 0 Å². The summed E-state index contributed by atoms with van der Waals surface area (Å²) in [6, 6.07) is 18.9. The molecule has 0 aliphatic carbocycles. The number of hydrogen-bond acceptors (Lipinski definition) is 2. The van der Waals surface area contributed by atoms with Crippen molar-refractivity contribution in [3.05, 3.63) is 77.4 Å². The second kappa shape index (κ2) is 8.83. The molecule has 22 heavy (non-hydrogen) atoms. The Morgan fingerprint density at radius 2 is 1.77 bits per heavy atom. The van der Waals surface area contributed by atoms with E-state index in [9.17, 15) is 4.79 Å². The van der Waals surface area contributed by atoms with E-state index in [0.717, 1.165) is 19.3 Å². The quantitative estimate of drug-likeness (QED) is 0.549. The average molecular weight is 294 g/mol. The molecule has 114 valence electrons. The molecule has 2 nitrogen and oxygen atoms in total. The van der Waals surface area contributed by atoms with Gasteiger partial charge in [-0.25, -0.2) is 0 Å². The van der Waals surface area contributed by atoms with Crippen molar-refractivity contribution in [1.29, 1.82) is 0 Å². The SMILES string of the molecule is COC(=O)CCC/C=C/c1ccccc1Cc1ccccc1. The van der Waals surface area contributed by atoms with Gasteiger partial charge in [0.15, 0.2) is 0 Å². The minimum atomic E-state index is -0.141. The van der Waals surface area contributed by atoms with E-state index in [1.165, 1.54) is 23.8 Å². The van der Waals surface area contributed by atoms with Crippen LogP contribution < -0.4 is 0 Å². The number of ether oxygens (including phenoxy) is 1. The molecular formula is C20H22O2. The van der Waals surface area contributed by atoms with Crippen molar-refractivity contribution in [1.82, 2.24) is 0 Å². The highest BCUT2D eigenvalue weighted by atomic mass is 16.5. The lowest BCUT2D eigenvalue weighted by Gasteiger charge is -2.06. The van der Waals surface area contributed by atoms with Crippen molar-refractivity contribution in [3.8, 4) is 0 Å². The molecule has 2 rings (SSSR count). The Kier molecular flexibility index (Phi) is 6.43. The highest BCUT2D eigenvalue weighted by molar-refractivity contribution is 5.69. The van der Waals surface area contributed by atoms with E-state index in [1.54, 1.807) is 0 Å². The van der Waals surface area contributed by atoms with Gasteiger partial charge in [0.1, 0.15) is 0 Å². The summed E-state index contributed by atoms with van der Waals surface area (Å²) in [7, 11) is 1.43. The fraction of sp³-hybridized carbons (Fsp3) is 0.250. The van der Waals surface area contributed by atoms with Crippen LogP contribution in [0.2, 0.25) is 0 Å². The predicted octanol–water partition coefficient (Wildman–Crippen LogP) is 4.63. The first-order valence-electron chi connectivity index (χ1n) is 7.65. The number of allylic oxidation sites excluding steroid dienone is 1. The van der Waals surface area contributed by atoms with Crippen LogP contribution in [0.15, 0.2) is 60.7 Å². The van der Waals surface area contributed by atoms with Crippen LogP contribution in [0.4, 0.5) is 0 Å². The lowest BCUT2D eigenvalue weighted by Crippen LogP contribution is -1.98. The minimum Gasteiger partial charge on any atom is -0.469 e. The summed E-state index contributed by atoms with van der Waals surface area (Å²) < 4.78 is 4.64. The average Bonchev–Trinajstić information content (AvgIpc) is 2.56. The van der Waals surface area contributed by atoms with E-state index in [2.05, 4.69) is 65.4 Å². The summed E-state index contributed by atoms with van der Waals surface area (Å²) >= 11 is 0. The van der Waals surface area contributed by atoms with Gasteiger partial charge in [0.25, 0.3) is 0 Å². The molecule has 0 bridgehead atoms. The lowest BCUT2D eigenvalue weighted by molar-refractivity contribution is -0.140. The van der Waals surface area contributed by atoms with E-state index in [-0.39, 0.29) is 5.97 Å². The predicted molar refractivity (Wildman–Crippen MR) is 90.6 cm³/mol. The highest BCUT2D eigenvalue weighted by Crippen LogP contribution is 2.16. The standard InChI is InChI=1S/C20H22O2/c1-22-20(21)15-7-3-6-12-18-13-8-9-14-19(18)16-17-10-4-2-5-11-17/h2,4-6,8-14H,3,7,15-16H2,1H3/b12-6+. The number of methoxy groups -OCH3 is 1. The first kappa shape index (κ1) is 16.0. The molecule has 0 aliphatic rings. The first-order valence-corrected chi connectivity index (χ1v) is 7.65. The van der Waals surface area contributed by atoms with Crippen LogP contribution in [-0.2, 0) is 16.0 Å². The smallest absolute Gasteiger partial charge is 0.305 e.